The van der Waals surface area contributed by atoms with Gasteiger partial charge in [0.1, 0.15) is 0 Å². The summed E-state index contributed by atoms with van der Waals surface area (Å²) in [5.74, 6) is 0.511. The monoisotopic (exact) mass is 270 g/mol. The quantitative estimate of drug-likeness (QED) is 0.836. The summed E-state index contributed by atoms with van der Waals surface area (Å²) in [6.07, 6.45) is 5.38. The highest BCUT2D eigenvalue weighted by atomic mass is 32.2. The van der Waals surface area contributed by atoms with Gasteiger partial charge in [0, 0.05) is 31.4 Å². The van der Waals surface area contributed by atoms with Crippen LogP contribution < -0.4 is 5.73 Å². The lowest BCUT2D eigenvalue weighted by Gasteiger charge is -2.46. The minimum absolute atomic E-state index is 0.127. The lowest BCUT2D eigenvalue weighted by atomic mass is 9.88. The molecule has 3 rings (SSSR count). The molecule has 1 aliphatic carbocycles. The SMILES string of the molecule is CCn1cnc(S(=O)(=O)N2CC(N)(C3CC3)C2)c1. The molecule has 0 amide bonds. The molecule has 0 spiro atoms. The zero-order chi connectivity index (χ0) is 13.0. The predicted octanol–water partition coefficient (Wildman–Crippen LogP) is 0.0148. The molecule has 2 aliphatic rings. The van der Waals surface area contributed by atoms with E-state index in [-0.39, 0.29) is 10.6 Å². The Kier molecular flexibility index (Phi) is 2.55. The number of aryl methyl sites for hydroxylation is 1. The van der Waals surface area contributed by atoms with Gasteiger partial charge in [-0.2, -0.15) is 4.31 Å². The van der Waals surface area contributed by atoms with Crippen molar-refractivity contribution in [2.24, 2.45) is 11.7 Å². The van der Waals surface area contributed by atoms with E-state index in [4.69, 9.17) is 5.73 Å². The smallest absolute Gasteiger partial charge is 0.262 e. The van der Waals surface area contributed by atoms with Crippen molar-refractivity contribution in [3.8, 4) is 0 Å². The summed E-state index contributed by atoms with van der Waals surface area (Å²) in [5.41, 5.74) is 5.88. The van der Waals surface area contributed by atoms with Crippen LogP contribution in [0.1, 0.15) is 19.8 Å². The van der Waals surface area contributed by atoms with Crippen LogP contribution in [0.25, 0.3) is 0 Å². The van der Waals surface area contributed by atoms with Gasteiger partial charge < -0.3 is 10.3 Å². The van der Waals surface area contributed by atoms with Gasteiger partial charge in [0.15, 0.2) is 5.03 Å². The number of imidazole rings is 1. The van der Waals surface area contributed by atoms with E-state index in [1.807, 2.05) is 6.92 Å². The number of hydrogen-bond acceptors (Lipinski definition) is 4. The highest BCUT2D eigenvalue weighted by Crippen LogP contribution is 2.44. The highest BCUT2D eigenvalue weighted by Gasteiger charge is 2.54. The molecular weight excluding hydrogens is 252 g/mol. The molecule has 100 valence electrons. The zero-order valence-electron chi connectivity index (χ0n) is 10.4. The molecular formula is C11H18N4O2S. The summed E-state index contributed by atoms with van der Waals surface area (Å²) in [4.78, 5) is 3.96. The average Bonchev–Trinajstić information content (AvgIpc) is 3.02. The molecule has 6 nitrogen and oxygen atoms in total. The molecule has 7 heteroatoms. The molecule has 2 N–H and O–H groups in total. The summed E-state index contributed by atoms with van der Waals surface area (Å²) in [7, 11) is -3.45. The average molecular weight is 270 g/mol. The van der Waals surface area contributed by atoms with Gasteiger partial charge in [-0.1, -0.05) is 0 Å². The Labute approximate surface area is 107 Å². The van der Waals surface area contributed by atoms with E-state index in [0.29, 0.717) is 25.6 Å². The lowest BCUT2D eigenvalue weighted by molar-refractivity contribution is 0.135. The van der Waals surface area contributed by atoms with Crippen LogP contribution in [0, 0.1) is 5.92 Å². The van der Waals surface area contributed by atoms with Crippen molar-refractivity contribution in [3.05, 3.63) is 12.5 Å². The minimum Gasteiger partial charge on any atom is -0.336 e. The van der Waals surface area contributed by atoms with Crippen molar-refractivity contribution in [2.75, 3.05) is 13.1 Å². The fourth-order valence-electron chi connectivity index (χ4n) is 2.47. The number of hydrogen-bond donors (Lipinski definition) is 1. The van der Waals surface area contributed by atoms with Crippen LogP contribution in [0.2, 0.25) is 0 Å². The Morgan fingerprint density at radius 1 is 1.50 bits per heavy atom. The highest BCUT2D eigenvalue weighted by molar-refractivity contribution is 7.89. The number of nitrogens with zero attached hydrogens (tertiary/aromatic N) is 3. The summed E-state index contributed by atoms with van der Waals surface area (Å²) < 4.78 is 27.7. The van der Waals surface area contributed by atoms with E-state index >= 15 is 0 Å². The third kappa shape index (κ3) is 1.77. The van der Waals surface area contributed by atoms with Crippen LogP contribution in [0.15, 0.2) is 17.6 Å². The first-order valence-corrected chi connectivity index (χ1v) is 7.70. The zero-order valence-corrected chi connectivity index (χ0v) is 11.2. The third-order valence-electron chi connectivity index (χ3n) is 3.91. The fraction of sp³-hybridized carbons (Fsp3) is 0.727. The van der Waals surface area contributed by atoms with Crippen molar-refractivity contribution in [2.45, 2.75) is 36.9 Å². The molecule has 0 bridgehead atoms. The van der Waals surface area contributed by atoms with Crippen molar-refractivity contribution >= 4 is 10.0 Å². The summed E-state index contributed by atoms with van der Waals surface area (Å²) >= 11 is 0. The van der Waals surface area contributed by atoms with Crippen LogP contribution >= 0.6 is 0 Å². The van der Waals surface area contributed by atoms with E-state index in [9.17, 15) is 8.42 Å². The Bertz CT molecular complexity index is 555. The second-order valence-electron chi connectivity index (χ2n) is 5.32. The van der Waals surface area contributed by atoms with E-state index < -0.39 is 10.0 Å². The van der Waals surface area contributed by atoms with Crippen LogP contribution in [0.3, 0.4) is 0 Å². The Morgan fingerprint density at radius 2 is 2.17 bits per heavy atom. The van der Waals surface area contributed by atoms with Crippen LogP contribution in [0.4, 0.5) is 0 Å². The third-order valence-corrected chi connectivity index (χ3v) is 5.59. The number of rotatable bonds is 4. The minimum atomic E-state index is -3.45. The largest absolute Gasteiger partial charge is 0.336 e. The van der Waals surface area contributed by atoms with Crippen LogP contribution in [-0.4, -0.2) is 40.9 Å². The van der Waals surface area contributed by atoms with Gasteiger partial charge in [0.2, 0.25) is 0 Å². The molecule has 1 aromatic rings. The van der Waals surface area contributed by atoms with E-state index in [1.165, 1.54) is 4.31 Å². The number of aromatic nitrogens is 2. The maximum absolute atomic E-state index is 12.3. The summed E-state index contributed by atoms with van der Waals surface area (Å²) in [6, 6.07) is 0. The predicted molar refractivity (Wildman–Crippen MR) is 66.3 cm³/mol. The Hall–Kier alpha value is -0.920. The standard InChI is InChI=1S/C11H18N4O2S/c1-2-14-5-10(13-8-14)18(16,17)15-6-11(12,7-15)9-3-4-9/h5,8-9H,2-4,6-7,12H2,1H3. The fourth-order valence-corrected chi connectivity index (χ4v) is 4.01. The second kappa shape index (κ2) is 3.79. The van der Waals surface area contributed by atoms with Gasteiger partial charge in [0.05, 0.1) is 6.33 Å². The number of sulfonamides is 1. The van der Waals surface area contributed by atoms with Crippen molar-refractivity contribution in [1.82, 2.24) is 13.9 Å². The van der Waals surface area contributed by atoms with Gasteiger partial charge in [-0.05, 0) is 25.7 Å². The maximum Gasteiger partial charge on any atom is 0.262 e. The summed E-state index contributed by atoms with van der Waals surface area (Å²) in [6.45, 7) is 3.52. The second-order valence-corrected chi connectivity index (χ2v) is 7.21. The number of nitrogens with two attached hydrogens (primary N) is 1. The van der Waals surface area contributed by atoms with Crippen LogP contribution in [0.5, 0.6) is 0 Å². The Morgan fingerprint density at radius 3 is 2.67 bits per heavy atom. The van der Waals surface area contributed by atoms with Crippen molar-refractivity contribution < 1.29 is 8.42 Å². The topological polar surface area (TPSA) is 81.2 Å². The molecule has 2 fully saturated rings. The van der Waals surface area contributed by atoms with Gasteiger partial charge in [-0.3, -0.25) is 0 Å². The van der Waals surface area contributed by atoms with Gasteiger partial charge in [0.25, 0.3) is 10.0 Å². The van der Waals surface area contributed by atoms with E-state index in [0.717, 1.165) is 12.8 Å². The Balaban J connectivity index is 1.76. The van der Waals surface area contributed by atoms with Crippen molar-refractivity contribution in [3.63, 3.8) is 0 Å². The first kappa shape index (κ1) is 12.1. The first-order valence-electron chi connectivity index (χ1n) is 6.26. The molecule has 2 heterocycles. The van der Waals surface area contributed by atoms with Gasteiger partial charge >= 0.3 is 0 Å². The van der Waals surface area contributed by atoms with E-state index in [1.54, 1.807) is 17.1 Å². The molecule has 0 unspecified atom stereocenters. The van der Waals surface area contributed by atoms with Crippen molar-refractivity contribution in [1.29, 1.82) is 0 Å². The molecule has 18 heavy (non-hydrogen) atoms. The molecule has 0 radical (unpaired) electrons. The summed E-state index contributed by atoms with van der Waals surface area (Å²) in [5, 5.41) is 0.127. The van der Waals surface area contributed by atoms with Gasteiger partial charge in [-0.15, -0.1) is 0 Å². The van der Waals surface area contributed by atoms with Crippen LogP contribution in [-0.2, 0) is 16.6 Å². The molecule has 1 aromatic heterocycles. The molecule has 1 saturated carbocycles. The first-order chi connectivity index (χ1) is 8.45. The lowest BCUT2D eigenvalue weighted by Crippen LogP contribution is -2.69. The molecule has 1 saturated heterocycles. The molecule has 0 atom stereocenters. The normalized spacial score (nSPS) is 23.9. The molecule has 0 aromatic carbocycles. The molecule has 1 aliphatic heterocycles. The van der Waals surface area contributed by atoms with Gasteiger partial charge in [-0.25, -0.2) is 13.4 Å². The maximum atomic E-state index is 12.3. The van der Waals surface area contributed by atoms with E-state index in [2.05, 4.69) is 4.98 Å².